The van der Waals surface area contributed by atoms with Crippen LogP contribution < -0.4 is 19.6 Å². The van der Waals surface area contributed by atoms with E-state index in [2.05, 4.69) is 10.5 Å². The van der Waals surface area contributed by atoms with Gasteiger partial charge in [-0.3, -0.25) is 5.43 Å². The molecular weight excluding hydrogens is 385 g/mol. The van der Waals surface area contributed by atoms with Crippen LogP contribution in [0.1, 0.15) is 16.7 Å². The van der Waals surface area contributed by atoms with Crippen molar-refractivity contribution >= 4 is 17.2 Å². The molecule has 30 heavy (non-hydrogen) atoms. The van der Waals surface area contributed by atoms with E-state index in [4.69, 9.17) is 19.2 Å². The Labute approximate surface area is 173 Å². The Balaban J connectivity index is 1.86. The molecule has 0 saturated carbocycles. The Morgan fingerprint density at radius 2 is 1.50 bits per heavy atom. The Kier molecular flexibility index (Phi) is 5.34. The van der Waals surface area contributed by atoms with Crippen molar-refractivity contribution < 1.29 is 18.6 Å². The molecule has 1 heterocycles. The van der Waals surface area contributed by atoms with E-state index in [0.717, 1.165) is 16.7 Å². The van der Waals surface area contributed by atoms with Gasteiger partial charge < -0.3 is 14.2 Å². The lowest BCUT2D eigenvalue weighted by atomic mass is 10.00. The average molecular weight is 405 g/mol. The van der Waals surface area contributed by atoms with Gasteiger partial charge >= 0.3 is 0 Å². The first-order valence-corrected chi connectivity index (χ1v) is 9.22. The van der Waals surface area contributed by atoms with Gasteiger partial charge in [-0.15, -0.1) is 0 Å². The van der Waals surface area contributed by atoms with Crippen LogP contribution in [0.2, 0.25) is 0 Å². The van der Waals surface area contributed by atoms with Crippen LogP contribution in [-0.2, 0) is 0 Å². The number of benzene rings is 3. The van der Waals surface area contributed by atoms with Gasteiger partial charge in [0.1, 0.15) is 17.3 Å². The predicted octanol–water partition coefficient (Wildman–Crippen LogP) is 4.29. The van der Waals surface area contributed by atoms with Crippen molar-refractivity contribution in [2.24, 2.45) is 10.1 Å². The third-order valence-corrected chi connectivity index (χ3v) is 4.74. The van der Waals surface area contributed by atoms with Gasteiger partial charge in [-0.1, -0.05) is 0 Å². The fourth-order valence-electron chi connectivity index (χ4n) is 3.18. The highest BCUT2D eigenvalue weighted by Gasteiger charge is 2.19. The molecule has 152 valence electrons. The molecule has 7 heteroatoms. The first-order valence-electron chi connectivity index (χ1n) is 9.22. The van der Waals surface area contributed by atoms with Gasteiger partial charge in [0.25, 0.3) is 0 Å². The second kappa shape index (κ2) is 8.24. The number of halogens is 1. The number of hydrogen-bond donors (Lipinski definition) is 1. The molecule has 3 aromatic carbocycles. The molecule has 1 aliphatic rings. The number of ether oxygens (including phenoxy) is 3. The summed E-state index contributed by atoms with van der Waals surface area (Å²) in [4.78, 5) is 4.72. The Morgan fingerprint density at radius 3 is 2.20 bits per heavy atom. The molecule has 3 aromatic rings. The molecule has 0 amide bonds. The van der Waals surface area contributed by atoms with Gasteiger partial charge in [0, 0.05) is 16.7 Å². The average Bonchev–Trinajstić information content (AvgIpc) is 2.98. The third-order valence-electron chi connectivity index (χ3n) is 4.74. The van der Waals surface area contributed by atoms with Crippen LogP contribution in [-0.4, -0.2) is 32.9 Å². The fraction of sp³-hybridized carbons (Fsp3) is 0.130. The molecule has 6 nitrogen and oxygen atoms in total. The molecule has 0 radical (unpaired) electrons. The Hall–Kier alpha value is -3.87. The summed E-state index contributed by atoms with van der Waals surface area (Å²) >= 11 is 0. The molecule has 0 aromatic heterocycles. The maximum Gasteiger partial charge on any atom is 0.161 e. The summed E-state index contributed by atoms with van der Waals surface area (Å²) in [5.74, 6) is 2.09. The molecule has 0 atom stereocenters. The van der Waals surface area contributed by atoms with Gasteiger partial charge in [0.2, 0.25) is 0 Å². The lowest BCUT2D eigenvalue weighted by Gasteiger charge is -2.12. The number of methoxy groups -OCH3 is 3. The standard InChI is InChI=1S/C23H20FN3O3/c1-28-17-9-10-19-18(13-17)22(15-6-11-20(29-2)21(12-15)30-3)26-27-23(25-19)14-4-7-16(24)8-5-14/h4-13H,1-3H3,(H,25,27). The van der Waals surface area contributed by atoms with Crippen LogP contribution in [0, 0.1) is 5.82 Å². The minimum atomic E-state index is -0.312. The highest BCUT2D eigenvalue weighted by molar-refractivity contribution is 6.18. The van der Waals surface area contributed by atoms with Crippen molar-refractivity contribution in [3.63, 3.8) is 0 Å². The van der Waals surface area contributed by atoms with Gasteiger partial charge in [-0.05, 0) is 60.7 Å². The molecular formula is C23H20FN3O3. The van der Waals surface area contributed by atoms with Crippen molar-refractivity contribution in [2.75, 3.05) is 21.3 Å². The topological polar surface area (TPSA) is 64.4 Å². The van der Waals surface area contributed by atoms with Crippen molar-refractivity contribution in [2.45, 2.75) is 0 Å². The predicted molar refractivity (Wildman–Crippen MR) is 114 cm³/mol. The lowest BCUT2D eigenvalue weighted by Crippen LogP contribution is -2.19. The lowest BCUT2D eigenvalue weighted by molar-refractivity contribution is 0.355. The minimum Gasteiger partial charge on any atom is -0.497 e. The van der Waals surface area contributed by atoms with Gasteiger partial charge in [0.05, 0.1) is 27.0 Å². The summed E-state index contributed by atoms with van der Waals surface area (Å²) in [5, 5.41) is 4.61. The second-order valence-corrected chi connectivity index (χ2v) is 6.49. The van der Waals surface area contributed by atoms with Crippen molar-refractivity contribution in [3.8, 4) is 17.2 Å². The number of nitrogens with one attached hydrogen (secondary N) is 1. The summed E-state index contributed by atoms with van der Waals surface area (Å²) in [6, 6.07) is 17.2. The number of nitrogens with zero attached hydrogens (tertiary/aromatic N) is 2. The zero-order valence-electron chi connectivity index (χ0n) is 16.8. The molecule has 0 fully saturated rings. The van der Waals surface area contributed by atoms with E-state index in [1.54, 1.807) is 33.5 Å². The third kappa shape index (κ3) is 3.69. The molecule has 1 aliphatic heterocycles. The number of fused-ring (bicyclic) bond motifs is 1. The van der Waals surface area contributed by atoms with E-state index < -0.39 is 0 Å². The molecule has 4 rings (SSSR count). The van der Waals surface area contributed by atoms with E-state index in [9.17, 15) is 4.39 Å². The fourth-order valence-corrected chi connectivity index (χ4v) is 3.18. The Bertz CT molecular complexity index is 1140. The van der Waals surface area contributed by atoms with Crippen molar-refractivity contribution in [1.82, 2.24) is 5.43 Å². The highest BCUT2D eigenvalue weighted by Crippen LogP contribution is 2.33. The number of hydrazone groups is 1. The van der Waals surface area contributed by atoms with E-state index in [-0.39, 0.29) is 5.82 Å². The SMILES string of the molecule is COc1ccc2c(c1)C(c1ccc(OC)c(OC)c1)=NNC(c1ccc(F)cc1)=N2. The van der Waals surface area contributed by atoms with E-state index >= 15 is 0 Å². The highest BCUT2D eigenvalue weighted by atomic mass is 19.1. The van der Waals surface area contributed by atoms with Crippen LogP contribution >= 0.6 is 0 Å². The zero-order valence-corrected chi connectivity index (χ0v) is 16.8. The zero-order chi connectivity index (χ0) is 21.1. The summed E-state index contributed by atoms with van der Waals surface area (Å²) in [7, 11) is 4.78. The molecule has 0 spiro atoms. The van der Waals surface area contributed by atoms with Crippen molar-refractivity contribution in [3.05, 3.63) is 83.2 Å². The van der Waals surface area contributed by atoms with Crippen LogP contribution in [0.4, 0.5) is 10.1 Å². The van der Waals surface area contributed by atoms with Crippen LogP contribution in [0.25, 0.3) is 0 Å². The van der Waals surface area contributed by atoms with E-state index in [1.807, 2.05) is 36.4 Å². The summed E-state index contributed by atoms with van der Waals surface area (Å²) in [6.07, 6.45) is 0. The first-order chi connectivity index (χ1) is 14.6. The van der Waals surface area contributed by atoms with Gasteiger partial charge in [-0.2, -0.15) is 5.10 Å². The summed E-state index contributed by atoms with van der Waals surface area (Å²) in [5.41, 5.74) is 6.69. The quantitative estimate of drug-likeness (QED) is 0.688. The summed E-state index contributed by atoms with van der Waals surface area (Å²) in [6.45, 7) is 0. The molecule has 0 aliphatic carbocycles. The van der Waals surface area contributed by atoms with Crippen LogP contribution in [0.15, 0.2) is 70.8 Å². The second-order valence-electron chi connectivity index (χ2n) is 6.49. The number of amidine groups is 1. The largest absolute Gasteiger partial charge is 0.497 e. The number of rotatable bonds is 5. The molecule has 0 unspecified atom stereocenters. The monoisotopic (exact) mass is 405 g/mol. The molecule has 0 bridgehead atoms. The maximum absolute atomic E-state index is 13.3. The molecule has 0 saturated heterocycles. The normalized spacial score (nSPS) is 12.7. The van der Waals surface area contributed by atoms with Gasteiger partial charge in [-0.25, -0.2) is 9.38 Å². The summed E-state index contributed by atoms with van der Waals surface area (Å²) < 4.78 is 29.5. The van der Waals surface area contributed by atoms with E-state index in [1.165, 1.54) is 12.1 Å². The maximum atomic E-state index is 13.3. The first kappa shape index (κ1) is 19.4. The molecule has 1 N–H and O–H groups in total. The van der Waals surface area contributed by atoms with Crippen LogP contribution in [0.5, 0.6) is 17.2 Å². The minimum absolute atomic E-state index is 0.312. The van der Waals surface area contributed by atoms with Crippen LogP contribution in [0.3, 0.4) is 0 Å². The Morgan fingerprint density at radius 1 is 0.767 bits per heavy atom. The van der Waals surface area contributed by atoms with E-state index in [0.29, 0.717) is 34.5 Å². The van der Waals surface area contributed by atoms with Gasteiger partial charge in [0.15, 0.2) is 17.3 Å². The smallest absolute Gasteiger partial charge is 0.161 e. The number of hydrogen-bond acceptors (Lipinski definition) is 6. The number of aliphatic imine (C=N–C) groups is 1. The van der Waals surface area contributed by atoms with Crippen molar-refractivity contribution in [1.29, 1.82) is 0 Å².